The molecule has 0 N–H and O–H groups in total. The second-order valence-corrected chi connectivity index (χ2v) is 7.05. The van der Waals surface area contributed by atoms with Gasteiger partial charge in [0.2, 0.25) is 5.91 Å². The van der Waals surface area contributed by atoms with E-state index in [1.807, 2.05) is 4.90 Å². The first kappa shape index (κ1) is 16.0. The number of ketones is 1. The molecule has 3 rings (SSSR count). The second kappa shape index (κ2) is 6.32. The van der Waals surface area contributed by atoms with Crippen molar-refractivity contribution in [2.75, 3.05) is 6.54 Å². The highest BCUT2D eigenvalue weighted by atomic mass is 32.1. The summed E-state index contributed by atoms with van der Waals surface area (Å²) in [7, 11) is 0. The standard InChI is InChI=1S/C18H21NO3S/c1-11-15-7-9-23-17(15)6-8-19(11)18(21)5-4-14-10-16(12(2)20)13(3)22-14/h7,9-11H,4-6,8H2,1-3H3. The summed E-state index contributed by atoms with van der Waals surface area (Å²) in [6.45, 7) is 6.18. The predicted molar refractivity (Wildman–Crippen MR) is 89.9 cm³/mol. The Morgan fingerprint density at radius 2 is 2.22 bits per heavy atom. The number of aryl methyl sites for hydroxylation is 2. The van der Waals surface area contributed by atoms with Gasteiger partial charge in [0, 0.05) is 24.3 Å². The van der Waals surface area contributed by atoms with Crippen LogP contribution >= 0.6 is 11.3 Å². The predicted octanol–water partition coefficient (Wildman–Crippen LogP) is 3.93. The zero-order valence-electron chi connectivity index (χ0n) is 13.7. The highest BCUT2D eigenvalue weighted by Gasteiger charge is 2.28. The van der Waals surface area contributed by atoms with Crippen molar-refractivity contribution in [3.05, 3.63) is 45.0 Å². The van der Waals surface area contributed by atoms with E-state index in [2.05, 4.69) is 18.4 Å². The lowest BCUT2D eigenvalue weighted by molar-refractivity contribution is -0.133. The molecule has 0 saturated heterocycles. The summed E-state index contributed by atoms with van der Waals surface area (Å²) in [4.78, 5) is 27.4. The third-order valence-electron chi connectivity index (χ3n) is 4.53. The van der Waals surface area contributed by atoms with Crippen LogP contribution in [0.2, 0.25) is 0 Å². The molecule has 2 aromatic rings. The minimum atomic E-state index is -0.00142. The molecule has 0 spiro atoms. The van der Waals surface area contributed by atoms with Gasteiger partial charge in [-0.15, -0.1) is 11.3 Å². The summed E-state index contributed by atoms with van der Waals surface area (Å²) in [5.74, 6) is 1.49. The average molecular weight is 331 g/mol. The van der Waals surface area contributed by atoms with E-state index in [-0.39, 0.29) is 17.7 Å². The molecule has 4 nitrogen and oxygen atoms in total. The number of hydrogen-bond acceptors (Lipinski definition) is 4. The molecule has 0 radical (unpaired) electrons. The van der Waals surface area contributed by atoms with Crippen molar-refractivity contribution < 1.29 is 14.0 Å². The number of Topliss-reactive ketones (excluding diaryl/α,β-unsaturated/α-hetero) is 1. The van der Waals surface area contributed by atoms with Crippen LogP contribution < -0.4 is 0 Å². The van der Waals surface area contributed by atoms with Crippen molar-refractivity contribution in [3.63, 3.8) is 0 Å². The van der Waals surface area contributed by atoms with E-state index in [0.717, 1.165) is 13.0 Å². The number of furan rings is 1. The van der Waals surface area contributed by atoms with Gasteiger partial charge in [0.05, 0.1) is 11.6 Å². The van der Waals surface area contributed by atoms with Gasteiger partial charge in [0.15, 0.2) is 5.78 Å². The molecule has 0 aliphatic carbocycles. The molecular weight excluding hydrogens is 310 g/mol. The number of amides is 1. The Morgan fingerprint density at radius 1 is 1.43 bits per heavy atom. The van der Waals surface area contributed by atoms with Crippen molar-refractivity contribution in [2.24, 2.45) is 0 Å². The lowest BCUT2D eigenvalue weighted by Crippen LogP contribution is -2.38. The maximum Gasteiger partial charge on any atom is 0.223 e. The second-order valence-electron chi connectivity index (χ2n) is 6.05. The van der Waals surface area contributed by atoms with Gasteiger partial charge >= 0.3 is 0 Å². The Bertz CT molecular complexity index is 743. The van der Waals surface area contributed by atoms with Gasteiger partial charge in [0.25, 0.3) is 0 Å². The molecule has 2 aromatic heterocycles. The van der Waals surface area contributed by atoms with Crippen molar-refractivity contribution in [2.45, 2.75) is 46.1 Å². The van der Waals surface area contributed by atoms with Crippen LogP contribution in [0.4, 0.5) is 0 Å². The molecule has 1 unspecified atom stereocenters. The fourth-order valence-electron chi connectivity index (χ4n) is 3.24. The summed E-state index contributed by atoms with van der Waals surface area (Å²) in [6, 6.07) is 4.03. The monoisotopic (exact) mass is 331 g/mol. The minimum Gasteiger partial charge on any atom is -0.466 e. The summed E-state index contributed by atoms with van der Waals surface area (Å²) < 4.78 is 5.59. The van der Waals surface area contributed by atoms with E-state index >= 15 is 0 Å². The third-order valence-corrected chi connectivity index (χ3v) is 5.53. The van der Waals surface area contributed by atoms with E-state index in [4.69, 9.17) is 4.42 Å². The Balaban J connectivity index is 1.64. The van der Waals surface area contributed by atoms with Crippen molar-refractivity contribution in [1.29, 1.82) is 0 Å². The first-order valence-corrected chi connectivity index (χ1v) is 8.81. The lowest BCUT2D eigenvalue weighted by Gasteiger charge is -2.33. The van der Waals surface area contributed by atoms with E-state index in [9.17, 15) is 9.59 Å². The zero-order valence-corrected chi connectivity index (χ0v) is 14.5. The van der Waals surface area contributed by atoms with Crippen LogP contribution in [0.15, 0.2) is 21.9 Å². The molecule has 0 aromatic carbocycles. The highest BCUT2D eigenvalue weighted by molar-refractivity contribution is 7.10. The summed E-state index contributed by atoms with van der Waals surface area (Å²) >= 11 is 1.78. The molecule has 0 saturated carbocycles. The lowest BCUT2D eigenvalue weighted by atomic mass is 10.0. The largest absolute Gasteiger partial charge is 0.466 e. The SMILES string of the molecule is CC(=O)c1cc(CCC(=O)N2CCc3sccc3C2C)oc1C. The number of rotatable bonds is 4. The first-order chi connectivity index (χ1) is 11.0. The van der Waals surface area contributed by atoms with Crippen LogP contribution in [0.25, 0.3) is 0 Å². The van der Waals surface area contributed by atoms with Gasteiger partial charge in [0.1, 0.15) is 11.5 Å². The van der Waals surface area contributed by atoms with Gasteiger partial charge in [-0.2, -0.15) is 0 Å². The molecular formula is C18H21NO3S. The molecule has 0 fully saturated rings. The molecule has 5 heteroatoms. The summed E-state index contributed by atoms with van der Waals surface area (Å²) in [5.41, 5.74) is 1.89. The quantitative estimate of drug-likeness (QED) is 0.798. The number of carbonyl (C=O) groups is 2. The normalized spacial score (nSPS) is 17.2. The fourth-order valence-corrected chi connectivity index (χ4v) is 4.20. The number of fused-ring (bicyclic) bond motifs is 1. The van der Waals surface area contributed by atoms with Crippen molar-refractivity contribution in [1.82, 2.24) is 4.90 Å². The van der Waals surface area contributed by atoms with Gasteiger partial charge in [-0.05, 0) is 50.3 Å². The first-order valence-electron chi connectivity index (χ1n) is 7.93. The number of nitrogens with zero attached hydrogens (tertiary/aromatic N) is 1. The average Bonchev–Trinajstić information content (AvgIpc) is 3.12. The van der Waals surface area contributed by atoms with Crippen molar-refractivity contribution >= 4 is 23.0 Å². The van der Waals surface area contributed by atoms with Gasteiger partial charge in [-0.25, -0.2) is 0 Å². The Labute approximate surface area is 140 Å². The molecule has 122 valence electrons. The van der Waals surface area contributed by atoms with Crippen molar-refractivity contribution in [3.8, 4) is 0 Å². The summed E-state index contributed by atoms with van der Waals surface area (Å²) in [6.07, 6.45) is 1.89. The minimum absolute atomic E-state index is 0.00142. The smallest absolute Gasteiger partial charge is 0.223 e. The van der Waals surface area contributed by atoms with Crippen LogP contribution in [-0.2, 0) is 17.6 Å². The molecule has 3 heterocycles. The Kier molecular flexibility index (Phi) is 4.39. The number of hydrogen-bond donors (Lipinski definition) is 0. The van der Waals surface area contributed by atoms with E-state index in [1.54, 1.807) is 24.3 Å². The molecule has 1 aliphatic heterocycles. The summed E-state index contributed by atoms with van der Waals surface area (Å²) in [5, 5.41) is 2.10. The third kappa shape index (κ3) is 3.11. The molecule has 23 heavy (non-hydrogen) atoms. The Morgan fingerprint density at radius 3 is 2.91 bits per heavy atom. The van der Waals surface area contributed by atoms with E-state index < -0.39 is 0 Å². The van der Waals surface area contributed by atoms with E-state index in [1.165, 1.54) is 17.4 Å². The fraction of sp³-hybridized carbons (Fsp3) is 0.444. The molecule has 1 aliphatic rings. The van der Waals surface area contributed by atoms with Crippen LogP contribution in [0, 0.1) is 6.92 Å². The maximum atomic E-state index is 12.6. The molecule has 0 bridgehead atoms. The van der Waals surface area contributed by atoms with Crippen LogP contribution in [0.1, 0.15) is 58.6 Å². The number of thiophene rings is 1. The topological polar surface area (TPSA) is 50.5 Å². The van der Waals surface area contributed by atoms with Gasteiger partial charge < -0.3 is 9.32 Å². The van der Waals surface area contributed by atoms with Crippen LogP contribution in [-0.4, -0.2) is 23.1 Å². The molecule has 1 amide bonds. The van der Waals surface area contributed by atoms with Crippen LogP contribution in [0.5, 0.6) is 0 Å². The van der Waals surface area contributed by atoms with Gasteiger partial charge in [-0.1, -0.05) is 0 Å². The maximum absolute atomic E-state index is 12.6. The van der Waals surface area contributed by atoms with Crippen LogP contribution in [0.3, 0.4) is 0 Å². The highest BCUT2D eigenvalue weighted by Crippen LogP contribution is 2.33. The number of carbonyl (C=O) groups excluding carboxylic acids is 2. The molecule has 1 atom stereocenters. The van der Waals surface area contributed by atoms with E-state index in [0.29, 0.717) is 29.9 Å². The zero-order chi connectivity index (χ0) is 16.6. The Hall–Kier alpha value is -1.88. The van der Waals surface area contributed by atoms with Gasteiger partial charge in [-0.3, -0.25) is 9.59 Å².